The van der Waals surface area contributed by atoms with E-state index in [-0.39, 0.29) is 11.5 Å². The molecule has 0 aromatic heterocycles. The van der Waals surface area contributed by atoms with Gasteiger partial charge < -0.3 is 9.47 Å². The van der Waals surface area contributed by atoms with Crippen molar-refractivity contribution in [2.24, 2.45) is 5.41 Å². The fourth-order valence-electron chi connectivity index (χ4n) is 1.50. The summed E-state index contributed by atoms with van der Waals surface area (Å²) in [7, 11) is 0. The summed E-state index contributed by atoms with van der Waals surface area (Å²) in [6, 6.07) is 0. The molecule has 2 nitrogen and oxygen atoms in total. The molecular formula is C11H20O2. The standard InChI is InChI=1S/C11H20O2/c1-6-10(2,3)9-7-8-12-11(4,5)13-9/h6,9H,1,7-8H2,2-5H3/t9-/m1/s1. The molecule has 1 fully saturated rings. The zero-order valence-corrected chi connectivity index (χ0v) is 9.09. The molecular weight excluding hydrogens is 164 g/mol. The zero-order chi connectivity index (χ0) is 10.1. The fraction of sp³-hybridized carbons (Fsp3) is 0.818. The van der Waals surface area contributed by atoms with Crippen molar-refractivity contribution in [3.8, 4) is 0 Å². The summed E-state index contributed by atoms with van der Waals surface area (Å²) in [4.78, 5) is 0. The summed E-state index contributed by atoms with van der Waals surface area (Å²) >= 11 is 0. The van der Waals surface area contributed by atoms with Crippen LogP contribution < -0.4 is 0 Å². The van der Waals surface area contributed by atoms with Gasteiger partial charge in [-0.05, 0) is 20.3 Å². The van der Waals surface area contributed by atoms with Gasteiger partial charge in [0.15, 0.2) is 5.79 Å². The van der Waals surface area contributed by atoms with Crippen LogP contribution in [0.15, 0.2) is 12.7 Å². The van der Waals surface area contributed by atoms with E-state index in [0.717, 1.165) is 13.0 Å². The Labute approximate surface area is 80.9 Å². The average molecular weight is 184 g/mol. The first kappa shape index (κ1) is 10.7. The van der Waals surface area contributed by atoms with Crippen molar-refractivity contribution in [3.63, 3.8) is 0 Å². The minimum Gasteiger partial charge on any atom is -0.350 e. The maximum atomic E-state index is 5.84. The van der Waals surface area contributed by atoms with Gasteiger partial charge in [0.2, 0.25) is 0 Å². The average Bonchev–Trinajstić information content (AvgIpc) is 2.03. The highest BCUT2D eigenvalue weighted by atomic mass is 16.7. The molecule has 1 aliphatic rings. The molecule has 2 heteroatoms. The van der Waals surface area contributed by atoms with E-state index in [1.807, 2.05) is 19.9 Å². The van der Waals surface area contributed by atoms with E-state index in [9.17, 15) is 0 Å². The third-order valence-corrected chi connectivity index (χ3v) is 2.61. The molecule has 76 valence electrons. The van der Waals surface area contributed by atoms with Gasteiger partial charge in [0.05, 0.1) is 12.7 Å². The molecule has 0 bridgehead atoms. The largest absolute Gasteiger partial charge is 0.350 e. The van der Waals surface area contributed by atoms with Crippen LogP contribution in [0.2, 0.25) is 0 Å². The van der Waals surface area contributed by atoms with Crippen molar-refractivity contribution in [1.82, 2.24) is 0 Å². The van der Waals surface area contributed by atoms with Crippen molar-refractivity contribution >= 4 is 0 Å². The molecule has 0 aromatic rings. The molecule has 0 aromatic carbocycles. The third-order valence-electron chi connectivity index (χ3n) is 2.61. The maximum absolute atomic E-state index is 5.84. The van der Waals surface area contributed by atoms with Gasteiger partial charge in [0.1, 0.15) is 0 Å². The molecule has 0 radical (unpaired) electrons. The first-order valence-electron chi connectivity index (χ1n) is 4.83. The molecule has 1 aliphatic heterocycles. The summed E-state index contributed by atoms with van der Waals surface area (Å²) < 4.78 is 11.3. The van der Waals surface area contributed by atoms with Crippen LogP contribution in [0.1, 0.15) is 34.1 Å². The first-order valence-corrected chi connectivity index (χ1v) is 4.83. The number of hydrogen-bond donors (Lipinski definition) is 0. The van der Waals surface area contributed by atoms with Crippen LogP contribution in [0.3, 0.4) is 0 Å². The van der Waals surface area contributed by atoms with Gasteiger partial charge in [-0.2, -0.15) is 0 Å². The SMILES string of the molecule is C=CC(C)(C)[C@H]1CCOC(C)(C)O1. The van der Waals surface area contributed by atoms with Crippen molar-refractivity contribution in [3.05, 3.63) is 12.7 Å². The lowest BCUT2D eigenvalue weighted by Gasteiger charge is -2.42. The molecule has 1 atom stereocenters. The topological polar surface area (TPSA) is 18.5 Å². The van der Waals surface area contributed by atoms with Crippen LogP contribution >= 0.6 is 0 Å². The molecule has 0 amide bonds. The molecule has 1 heterocycles. The van der Waals surface area contributed by atoms with Crippen molar-refractivity contribution in [2.45, 2.75) is 46.0 Å². The van der Waals surface area contributed by atoms with E-state index in [0.29, 0.717) is 0 Å². The lowest BCUT2D eigenvalue weighted by Crippen LogP contribution is -2.45. The van der Waals surface area contributed by atoms with E-state index >= 15 is 0 Å². The molecule has 0 aliphatic carbocycles. The van der Waals surface area contributed by atoms with Crippen LogP contribution in [0.4, 0.5) is 0 Å². The first-order chi connectivity index (χ1) is 5.87. The highest BCUT2D eigenvalue weighted by molar-refractivity contribution is 4.95. The highest BCUT2D eigenvalue weighted by Crippen LogP contribution is 2.34. The summed E-state index contributed by atoms with van der Waals surface area (Å²) in [5.41, 5.74) is 0.0288. The summed E-state index contributed by atoms with van der Waals surface area (Å²) in [6.45, 7) is 12.8. The molecule has 13 heavy (non-hydrogen) atoms. The van der Waals surface area contributed by atoms with Gasteiger partial charge in [-0.25, -0.2) is 0 Å². The second-order valence-electron chi connectivity index (χ2n) is 4.67. The van der Waals surface area contributed by atoms with Gasteiger partial charge in [-0.1, -0.05) is 19.9 Å². The van der Waals surface area contributed by atoms with Crippen molar-refractivity contribution in [2.75, 3.05) is 6.61 Å². The summed E-state index contributed by atoms with van der Waals surface area (Å²) in [6.07, 6.45) is 3.12. The van der Waals surface area contributed by atoms with E-state index in [2.05, 4.69) is 20.4 Å². The van der Waals surface area contributed by atoms with Gasteiger partial charge in [0.25, 0.3) is 0 Å². The lowest BCUT2D eigenvalue weighted by atomic mass is 9.84. The van der Waals surface area contributed by atoms with Crippen LogP contribution in [-0.2, 0) is 9.47 Å². The Morgan fingerprint density at radius 2 is 2.08 bits per heavy atom. The second-order valence-corrected chi connectivity index (χ2v) is 4.67. The molecule has 0 N–H and O–H groups in total. The number of ether oxygens (including phenoxy) is 2. The number of hydrogen-bond acceptors (Lipinski definition) is 2. The Morgan fingerprint density at radius 1 is 1.46 bits per heavy atom. The summed E-state index contributed by atoms with van der Waals surface area (Å²) in [5.74, 6) is -0.441. The van der Waals surface area contributed by atoms with Crippen molar-refractivity contribution in [1.29, 1.82) is 0 Å². The van der Waals surface area contributed by atoms with Crippen LogP contribution in [0.25, 0.3) is 0 Å². The van der Waals surface area contributed by atoms with Crippen molar-refractivity contribution < 1.29 is 9.47 Å². The van der Waals surface area contributed by atoms with Gasteiger partial charge in [0, 0.05) is 5.41 Å². The second kappa shape index (κ2) is 3.43. The van der Waals surface area contributed by atoms with E-state index in [1.165, 1.54) is 0 Å². The minimum absolute atomic E-state index is 0.0288. The molecule has 1 saturated heterocycles. The highest BCUT2D eigenvalue weighted by Gasteiger charge is 2.36. The lowest BCUT2D eigenvalue weighted by molar-refractivity contribution is -0.287. The molecule has 0 unspecified atom stereocenters. The number of rotatable bonds is 2. The van der Waals surface area contributed by atoms with E-state index < -0.39 is 5.79 Å². The Morgan fingerprint density at radius 3 is 2.54 bits per heavy atom. The van der Waals surface area contributed by atoms with Gasteiger partial charge in [-0.15, -0.1) is 6.58 Å². The predicted molar refractivity (Wildman–Crippen MR) is 53.5 cm³/mol. The van der Waals surface area contributed by atoms with Crippen LogP contribution in [0.5, 0.6) is 0 Å². The monoisotopic (exact) mass is 184 g/mol. The van der Waals surface area contributed by atoms with Gasteiger partial charge in [-0.3, -0.25) is 0 Å². The summed E-state index contributed by atoms with van der Waals surface area (Å²) in [5, 5.41) is 0. The Balaban J connectivity index is 2.67. The van der Waals surface area contributed by atoms with E-state index in [1.54, 1.807) is 0 Å². The fourth-order valence-corrected chi connectivity index (χ4v) is 1.50. The Kier molecular flexibility index (Phi) is 2.83. The van der Waals surface area contributed by atoms with Crippen LogP contribution in [-0.4, -0.2) is 18.5 Å². The van der Waals surface area contributed by atoms with Crippen LogP contribution in [0, 0.1) is 5.41 Å². The Bertz CT molecular complexity index is 194. The normalized spacial score (nSPS) is 28.5. The predicted octanol–water partition coefficient (Wildman–Crippen LogP) is 2.74. The minimum atomic E-state index is -0.441. The maximum Gasteiger partial charge on any atom is 0.163 e. The van der Waals surface area contributed by atoms with Gasteiger partial charge >= 0.3 is 0 Å². The zero-order valence-electron chi connectivity index (χ0n) is 9.09. The molecule has 0 saturated carbocycles. The molecule has 1 rings (SSSR count). The van der Waals surface area contributed by atoms with E-state index in [4.69, 9.17) is 9.47 Å². The quantitative estimate of drug-likeness (QED) is 0.614. The Hall–Kier alpha value is -0.340. The third kappa shape index (κ3) is 2.55. The smallest absolute Gasteiger partial charge is 0.163 e. The molecule has 0 spiro atoms.